The van der Waals surface area contributed by atoms with Crippen LogP contribution in [0.4, 0.5) is 4.39 Å². The zero-order chi connectivity index (χ0) is 15.3. The maximum Gasteiger partial charge on any atom is 0.354 e. The molecule has 6 nitrogen and oxygen atoms in total. The number of hydrogen-bond acceptors (Lipinski definition) is 4. The van der Waals surface area contributed by atoms with Crippen LogP contribution in [0.15, 0.2) is 36.5 Å². The van der Waals surface area contributed by atoms with E-state index in [1.807, 2.05) is 25.1 Å². The monoisotopic (exact) mass is 314 g/mol. The Balaban J connectivity index is 0.00000156. The minimum absolute atomic E-state index is 0. The van der Waals surface area contributed by atoms with E-state index >= 15 is 0 Å². The third-order valence-corrected chi connectivity index (χ3v) is 3.95. The maximum absolute atomic E-state index is 14.2. The Labute approximate surface area is 131 Å². The summed E-state index contributed by atoms with van der Waals surface area (Å²) in [5.74, 6) is -0.310. The largest absolute Gasteiger partial charge is 0.870 e. The summed E-state index contributed by atoms with van der Waals surface area (Å²) in [5, 5.41) is 14.8. The van der Waals surface area contributed by atoms with E-state index in [1.54, 1.807) is 12.3 Å². The molecular formula is C16H15FN4O2. The number of rotatable bonds is 1. The Kier molecular flexibility index (Phi) is 3.57. The molecule has 0 saturated carbocycles. The normalized spacial score (nSPS) is 12.3. The van der Waals surface area contributed by atoms with Crippen LogP contribution in [0.25, 0.3) is 11.4 Å². The first-order chi connectivity index (χ1) is 10.6. The van der Waals surface area contributed by atoms with Crippen LogP contribution < -0.4 is 4.68 Å². The van der Waals surface area contributed by atoms with Gasteiger partial charge in [0.1, 0.15) is 5.21 Å². The van der Waals surface area contributed by atoms with Crippen LogP contribution in [0.1, 0.15) is 17.0 Å². The van der Waals surface area contributed by atoms with E-state index in [2.05, 4.69) is 10.2 Å². The van der Waals surface area contributed by atoms with Gasteiger partial charge in [-0.25, -0.2) is 4.39 Å². The SMILES string of the molecule is Cc1ccc(-n2n[n+]3c(c2O)CCc2cccc(F)c2-3)cn1.[OH-]. The van der Waals surface area contributed by atoms with Crippen molar-refractivity contribution in [2.75, 3.05) is 0 Å². The molecule has 3 aromatic rings. The highest BCUT2D eigenvalue weighted by Crippen LogP contribution is 2.26. The minimum atomic E-state index is -0.338. The van der Waals surface area contributed by atoms with Crippen molar-refractivity contribution < 1.29 is 19.7 Å². The van der Waals surface area contributed by atoms with Crippen LogP contribution in [0.3, 0.4) is 0 Å². The van der Waals surface area contributed by atoms with E-state index in [-0.39, 0.29) is 17.2 Å². The molecule has 0 bridgehead atoms. The summed E-state index contributed by atoms with van der Waals surface area (Å²) in [4.78, 5) is 4.21. The fourth-order valence-electron chi connectivity index (χ4n) is 2.81. The molecule has 0 unspecified atom stereocenters. The second-order valence-corrected chi connectivity index (χ2v) is 5.39. The van der Waals surface area contributed by atoms with Crippen molar-refractivity contribution in [3.63, 3.8) is 0 Å². The second kappa shape index (κ2) is 5.44. The molecule has 0 atom stereocenters. The number of para-hydroxylation sites is 1. The highest BCUT2D eigenvalue weighted by Gasteiger charge is 2.34. The molecule has 3 heterocycles. The Hall–Kier alpha value is -2.80. The molecule has 0 spiro atoms. The Morgan fingerprint density at radius 1 is 1.22 bits per heavy atom. The number of nitrogens with zero attached hydrogens (tertiary/aromatic N) is 4. The van der Waals surface area contributed by atoms with Crippen LogP contribution >= 0.6 is 0 Å². The Bertz CT molecular complexity index is 875. The summed E-state index contributed by atoms with van der Waals surface area (Å²) in [5.41, 5.74) is 3.44. The molecule has 0 radical (unpaired) electrons. The van der Waals surface area contributed by atoms with Gasteiger partial charge >= 0.3 is 5.88 Å². The number of fused-ring (bicyclic) bond motifs is 3. The van der Waals surface area contributed by atoms with E-state index in [1.165, 1.54) is 15.4 Å². The van der Waals surface area contributed by atoms with Gasteiger partial charge < -0.3 is 10.6 Å². The predicted octanol–water partition coefficient (Wildman–Crippen LogP) is 1.62. The van der Waals surface area contributed by atoms with Crippen molar-refractivity contribution in [1.29, 1.82) is 0 Å². The van der Waals surface area contributed by atoms with E-state index < -0.39 is 0 Å². The van der Waals surface area contributed by atoms with Crippen molar-refractivity contribution in [3.05, 3.63) is 59.3 Å². The highest BCUT2D eigenvalue weighted by molar-refractivity contribution is 5.40. The molecule has 0 amide bonds. The first kappa shape index (κ1) is 15.1. The topological polar surface area (TPSA) is 84.8 Å². The van der Waals surface area contributed by atoms with E-state index in [9.17, 15) is 9.50 Å². The molecule has 0 fully saturated rings. The lowest BCUT2D eigenvalue weighted by atomic mass is 10.0. The predicted molar refractivity (Wildman–Crippen MR) is 78.6 cm³/mol. The Morgan fingerprint density at radius 3 is 2.78 bits per heavy atom. The molecule has 0 saturated heterocycles. The lowest BCUT2D eigenvalue weighted by Gasteiger charge is -2.11. The van der Waals surface area contributed by atoms with Gasteiger partial charge in [-0.2, -0.15) is 0 Å². The van der Waals surface area contributed by atoms with Gasteiger partial charge in [-0.15, -0.1) is 0 Å². The number of aromatic hydroxyl groups is 1. The van der Waals surface area contributed by atoms with Crippen LogP contribution in [-0.4, -0.2) is 25.5 Å². The average Bonchev–Trinajstić information content (AvgIpc) is 2.85. The fraction of sp³-hybridized carbons (Fsp3) is 0.188. The molecule has 4 rings (SSSR count). The van der Waals surface area contributed by atoms with E-state index in [4.69, 9.17) is 0 Å². The zero-order valence-corrected chi connectivity index (χ0v) is 12.4. The zero-order valence-electron chi connectivity index (χ0n) is 12.4. The molecule has 0 aliphatic carbocycles. The highest BCUT2D eigenvalue weighted by atomic mass is 19.1. The molecule has 23 heavy (non-hydrogen) atoms. The van der Waals surface area contributed by atoms with Crippen molar-refractivity contribution in [2.45, 2.75) is 19.8 Å². The molecule has 1 aliphatic rings. The first-order valence-corrected chi connectivity index (χ1v) is 7.09. The van der Waals surface area contributed by atoms with E-state index in [0.717, 1.165) is 11.3 Å². The van der Waals surface area contributed by atoms with Crippen LogP contribution in [0.5, 0.6) is 5.88 Å². The molecule has 1 aromatic carbocycles. The number of pyridine rings is 1. The molecule has 1 aliphatic heterocycles. The number of aryl methyl sites for hydroxylation is 2. The fourth-order valence-corrected chi connectivity index (χ4v) is 2.81. The molecule has 7 heteroatoms. The van der Waals surface area contributed by atoms with Crippen molar-refractivity contribution in [2.24, 2.45) is 0 Å². The van der Waals surface area contributed by atoms with Gasteiger partial charge in [0.2, 0.25) is 5.69 Å². The number of hydrogen-bond donors (Lipinski definition) is 1. The first-order valence-electron chi connectivity index (χ1n) is 7.09. The maximum atomic E-state index is 14.2. The Morgan fingerprint density at radius 2 is 2.04 bits per heavy atom. The number of aromatic nitrogens is 4. The van der Waals surface area contributed by atoms with Gasteiger partial charge in [0.15, 0.2) is 17.2 Å². The number of halogens is 1. The van der Waals surface area contributed by atoms with E-state index in [0.29, 0.717) is 29.9 Å². The third-order valence-electron chi connectivity index (χ3n) is 3.95. The van der Waals surface area contributed by atoms with Crippen LogP contribution in [0, 0.1) is 12.7 Å². The molecule has 2 aromatic heterocycles. The third kappa shape index (κ3) is 2.25. The average molecular weight is 314 g/mol. The van der Waals surface area contributed by atoms with Crippen molar-refractivity contribution >= 4 is 0 Å². The smallest absolute Gasteiger partial charge is 0.354 e. The van der Waals surface area contributed by atoms with Gasteiger partial charge in [-0.3, -0.25) is 4.98 Å². The summed E-state index contributed by atoms with van der Waals surface area (Å²) in [7, 11) is 0. The molecular weight excluding hydrogens is 299 g/mol. The van der Waals surface area contributed by atoms with Gasteiger partial charge in [0, 0.05) is 17.7 Å². The van der Waals surface area contributed by atoms with Crippen LogP contribution in [-0.2, 0) is 12.8 Å². The number of benzene rings is 1. The summed E-state index contributed by atoms with van der Waals surface area (Å²) >= 11 is 0. The van der Waals surface area contributed by atoms with Gasteiger partial charge in [0.25, 0.3) is 0 Å². The standard InChI is InChI=1S/C16H13FN4O.H2O/c1-10-5-7-12(9-18-10)20-16(22)14-8-6-11-3-2-4-13(17)15(11)21(14)19-20;/h2-5,7,9H,6,8H2,1H3;1H2. The van der Waals surface area contributed by atoms with Gasteiger partial charge in [0.05, 0.1) is 6.20 Å². The van der Waals surface area contributed by atoms with Gasteiger partial charge in [-0.05, 0) is 31.5 Å². The quantitative estimate of drug-likeness (QED) is 0.692. The summed E-state index contributed by atoms with van der Waals surface area (Å²) < 4.78 is 17.1. The lowest BCUT2D eigenvalue weighted by Crippen LogP contribution is -2.42. The summed E-state index contributed by atoms with van der Waals surface area (Å²) in [6.45, 7) is 1.89. The van der Waals surface area contributed by atoms with Crippen LogP contribution in [0.2, 0.25) is 0 Å². The summed E-state index contributed by atoms with van der Waals surface area (Å²) in [6.07, 6.45) is 2.93. The lowest BCUT2D eigenvalue weighted by molar-refractivity contribution is -0.672. The van der Waals surface area contributed by atoms with Crippen molar-refractivity contribution in [1.82, 2.24) is 14.9 Å². The summed E-state index contributed by atoms with van der Waals surface area (Å²) in [6, 6.07) is 8.65. The van der Waals surface area contributed by atoms with Gasteiger partial charge in [-0.1, -0.05) is 21.5 Å². The van der Waals surface area contributed by atoms with Crippen molar-refractivity contribution in [3.8, 4) is 17.3 Å². The molecule has 118 valence electrons. The second-order valence-electron chi connectivity index (χ2n) is 5.39. The minimum Gasteiger partial charge on any atom is -0.870 e. The molecule has 2 N–H and O–H groups in total.